The van der Waals surface area contributed by atoms with Gasteiger partial charge in [-0.3, -0.25) is 19.3 Å². The van der Waals surface area contributed by atoms with Crippen LogP contribution in [0.4, 0.5) is 5.69 Å². The summed E-state index contributed by atoms with van der Waals surface area (Å²) in [6.07, 6.45) is 0.290. The molecule has 130 valence electrons. The molecule has 2 amide bonds. The molecule has 0 aromatic heterocycles. The highest BCUT2D eigenvalue weighted by Gasteiger charge is 2.46. The van der Waals surface area contributed by atoms with Crippen LogP contribution in [0.2, 0.25) is 0 Å². The summed E-state index contributed by atoms with van der Waals surface area (Å²) in [4.78, 5) is 36.4. The molecule has 8 heteroatoms. The Morgan fingerprint density at radius 3 is 2.62 bits per heavy atom. The third-order valence-corrected chi connectivity index (χ3v) is 4.59. The lowest BCUT2D eigenvalue weighted by Gasteiger charge is -2.20. The first-order chi connectivity index (χ1) is 11.1. The zero-order valence-corrected chi connectivity index (χ0v) is 15.6. The number of phenolic OH excluding ortho intramolecular Hbond substituents is 1. The van der Waals surface area contributed by atoms with E-state index in [4.69, 9.17) is 5.11 Å². The highest BCUT2D eigenvalue weighted by atomic mass is 127. The van der Waals surface area contributed by atoms with Gasteiger partial charge < -0.3 is 15.5 Å². The number of benzene rings is 1. The lowest BCUT2D eigenvalue weighted by molar-refractivity contribution is -0.137. The van der Waals surface area contributed by atoms with Gasteiger partial charge in [0.25, 0.3) is 0 Å². The van der Waals surface area contributed by atoms with E-state index < -0.39 is 17.3 Å². The monoisotopic (exact) mass is 446 g/mol. The molecule has 1 aliphatic rings. The van der Waals surface area contributed by atoms with Crippen LogP contribution in [0.1, 0.15) is 32.3 Å². The summed E-state index contributed by atoms with van der Waals surface area (Å²) in [7, 11) is 0. The van der Waals surface area contributed by atoms with Crippen LogP contribution in [0.15, 0.2) is 12.1 Å². The molecular weight excluding hydrogens is 427 g/mol. The van der Waals surface area contributed by atoms with Gasteiger partial charge in [-0.2, -0.15) is 0 Å². The maximum Gasteiger partial charge on any atom is 0.303 e. The number of hydrogen-bond donors (Lipinski definition) is 3. The summed E-state index contributed by atoms with van der Waals surface area (Å²) in [6.45, 7) is 3.53. The topological polar surface area (TPSA) is 107 Å². The normalized spacial score (nSPS) is 15.3. The van der Waals surface area contributed by atoms with Crippen molar-refractivity contribution in [2.24, 2.45) is 0 Å². The number of carboxylic acids is 1. The van der Waals surface area contributed by atoms with Gasteiger partial charge in [-0.1, -0.05) is 0 Å². The molecule has 7 nitrogen and oxygen atoms in total. The van der Waals surface area contributed by atoms with Gasteiger partial charge in [-0.15, -0.1) is 0 Å². The van der Waals surface area contributed by atoms with Gasteiger partial charge in [0.2, 0.25) is 11.8 Å². The minimum absolute atomic E-state index is 0.0297. The van der Waals surface area contributed by atoms with Gasteiger partial charge in [0.15, 0.2) is 0 Å². The van der Waals surface area contributed by atoms with Crippen LogP contribution in [-0.4, -0.2) is 41.1 Å². The number of anilines is 1. The summed E-state index contributed by atoms with van der Waals surface area (Å²) in [6, 6.07) is 3.38. The Kier molecular flexibility index (Phi) is 5.36. The maximum absolute atomic E-state index is 12.7. The van der Waals surface area contributed by atoms with Crippen molar-refractivity contribution in [3.05, 3.63) is 21.3 Å². The predicted octanol–water partition coefficient (Wildman–Crippen LogP) is 1.60. The van der Waals surface area contributed by atoms with Crippen LogP contribution in [0.25, 0.3) is 0 Å². The van der Waals surface area contributed by atoms with Crippen LogP contribution in [0, 0.1) is 3.57 Å². The van der Waals surface area contributed by atoms with E-state index >= 15 is 0 Å². The molecule has 0 bridgehead atoms. The molecule has 0 atom stereocenters. The van der Waals surface area contributed by atoms with E-state index in [0.717, 1.165) is 3.57 Å². The van der Waals surface area contributed by atoms with E-state index in [-0.39, 0.29) is 31.2 Å². The number of halogens is 1. The molecule has 0 aliphatic carbocycles. The molecule has 0 unspecified atom stereocenters. The average Bonchev–Trinajstić information content (AvgIpc) is 2.65. The van der Waals surface area contributed by atoms with Crippen molar-refractivity contribution in [2.45, 2.75) is 32.1 Å². The fourth-order valence-corrected chi connectivity index (χ4v) is 3.32. The molecule has 1 aromatic rings. The van der Waals surface area contributed by atoms with Crippen LogP contribution in [0.3, 0.4) is 0 Å². The van der Waals surface area contributed by atoms with Gasteiger partial charge in [0.1, 0.15) is 12.3 Å². The smallest absolute Gasteiger partial charge is 0.303 e. The van der Waals surface area contributed by atoms with E-state index in [9.17, 15) is 19.5 Å². The summed E-state index contributed by atoms with van der Waals surface area (Å²) in [5.74, 6) is -1.60. The second kappa shape index (κ2) is 6.96. The Hall–Kier alpha value is -1.84. The second-order valence-electron chi connectivity index (χ2n) is 6.18. The molecule has 0 radical (unpaired) electrons. The van der Waals surface area contributed by atoms with Gasteiger partial charge in [0, 0.05) is 16.5 Å². The first-order valence-electron chi connectivity index (χ1n) is 7.48. The number of aromatic hydroxyl groups is 1. The van der Waals surface area contributed by atoms with Crippen molar-refractivity contribution < 1.29 is 24.6 Å². The van der Waals surface area contributed by atoms with E-state index in [2.05, 4.69) is 27.9 Å². The second-order valence-corrected chi connectivity index (χ2v) is 7.43. The van der Waals surface area contributed by atoms with E-state index in [0.29, 0.717) is 17.7 Å². The number of nitrogens with one attached hydrogen (secondary N) is 1. The Labute approximate surface area is 153 Å². The molecule has 1 heterocycles. The summed E-state index contributed by atoms with van der Waals surface area (Å²) < 4.78 is 0.810. The summed E-state index contributed by atoms with van der Waals surface area (Å²) >= 11 is 2.07. The van der Waals surface area contributed by atoms with Crippen LogP contribution in [-0.2, 0) is 19.8 Å². The first kappa shape index (κ1) is 18.5. The molecule has 1 aliphatic heterocycles. The molecule has 3 N–H and O–H groups in total. The number of amides is 2. The van der Waals surface area contributed by atoms with Crippen molar-refractivity contribution in [1.82, 2.24) is 5.32 Å². The number of rotatable bonds is 6. The van der Waals surface area contributed by atoms with Crippen molar-refractivity contribution in [3.8, 4) is 5.75 Å². The summed E-state index contributed by atoms with van der Waals surface area (Å²) in [5.41, 5.74) is 0.235. The number of aliphatic carboxylic acids is 1. The van der Waals surface area contributed by atoms with Crippen molar-refractivity contribution in [3.63, 3.8) is 0 Å². The number of fused-ring (bicyclic) bond motifs is 1. The lowest BCUT2D eigenvalue weighted by Crippen LogP contribution is -2.43. The number of carbonyl (C=O) groups excluding carboxylic acids is 2. The molecule has 24 heavy (non-hydrogen) atoms. The van der Waals surface area contributed by atoms with Crippen molar-refractivity contribution >= 4 is 46.1 Å². The number of hydrogen-bond acceptors (Lipinski definition) is 4. The van der Waals surface area contributed by atoms with E-state index in [1.165, 1.54) is 4.90 Å². The molecule has 0 fully saturated rings. The van der Waals surface area contributed by atoms with Gasteiger partial charge >= 0.3 is 5.97 Å². The molecule has 0 spiro atoms. The quantitative estimate of drug-likeness (QED) is 0.455. The van der Waals surface area contributed by atoms with Gasteiger partial charge in [-0.05, 0) is 60.6 Å². The van der Waals surface area contributed by atoms with Crippen molar-refractivity contribution in [1.29, 1.82) is 0 Å². The molecule has 1 aromatic carbocycles. The highest BCUT2D eigenvalue weighted by Crippen LogP contribution is 2.47. The number of carbonyl (C=O) groups is 3. The first-order valence-corrected chi connectivity index (χ1v) is 8.56. The molecule has 2 rings (SSSR count). The minimum atomic E-state index is -0.922. The Bertz CT molecular complexity index is 702. The fraction of sp³-hybridized carbons (Fsp3) is 0.438. The highest BCUT2D eigenvalue weighted by molar-refractivity contribution is 14.1. The zero-order chi connectivity index (χ0) is 18.1. The molecule has 0 saturated heterocycles. The minimum Gasteiger partial charge on any atom is -0.506 e. The largest absolute Gasteiger partial charge is 0.506 e. The maximum atomic E-state index is 12.7. The Balaban J connectivity index is 2.13. The molecule has 0 saturated carbocycles. The van der Waals surface area contributed by atoms with Gasteiger partial charge in [0.05, 0.1) is 11.1 Å². The number of phenols is 1. The third-order valence-electron chi connectivity index (χ3n) is 3.97. The van der Waals surface area contributed by atoms with Crippen molar-refractivity contribution in [2.75, 3.05) is 18.0 Å². The van der Waals surface area contributed by atoms with Crippen LogP contribution < -0.4 is 10.2 Å². The number of carboxylic acid groups (broad SMARTS) is 1. The zero-order valence-electron chi connectivity index (χ0n) is 13.4. The SMILES string of the molecule is CC1(C)C(=O)N(CC(=O)NCCCC(=O)O)c2c(O)cc(I)cc21. The average molecular weight is 446 g/mol. The number of nitrogens with zero attached hydrogens (tertiary/aromatic N) is 1. The lowest BCUT2D eigenvalue weighted by atomic mass is 9.86. The fourth-order valence-electron chi connectivity index (χ4n) is 2.72. The Morgan fingerprint density at radius 1 is 1.33 bits per heavy atom. The third kappa shape index (κ3) is 3.63. The standard InChI is InChI=1S/C16H19IN2O5/c1-16(2)10-6-9(17)7-11(20)14(10)19(15(16)24)8-12(21)18-5-3-4-13(22)23/h6-7,20H,3-5,8H2,1-2H3,(H,18,21)(H,22,23). The Morgan fingerprint density at radius 2 is 2.00 bits per heavy atom. The van der Waals surface area contributed by atoms with Gasteiger partial charge in [-0.25, -0.2) is 0 Å². The predicted molar refractivity (Wildman–Crippen MR) is 96.1 cm³/mol. The van der Waals surface area contributed by atoms with Crippen LogP contribution in [0.5, 0.6) is 5.75 Å². The summed E-state index contributed by atoms with van der Waals surface area (Å²) in [5, 5.41) is 21.4. The van der Waals surface area contributed by atoms with E-state index in [1.807, 2.05) is 6.07 Å². The van der Waals surface area contributed by atoms with Crippen LogP contribution >= 0.6 is 22.6 Å². The van der Waals surface area contributed by atoms with E-state index in [1.54, 1.807) is 19.9 Å². The molecular formula is C16H19IN2O5.